The van der Waals surface area contributed by atoms with E-state index in [1.807, 2.05) is 35.7 Å². The Balaban J connectivity index is 1.71. The summed E-state index contributed by atoms with van der Waals surface area (Å²) in [7, 11) is 1.66. The molecule has 0 atom stereocenters. The van der Waals surface area contributed by atoms with Crippen LogP contribution in [-0.2, 0) is 17.9 Å². The SMILES string of the molecule is COc1ccccc1CN(CC(=O)NC1(C#N)CCCCCC1)Cc1cccs1. The Kier molecular flexibility index (Phi) is 7.68. The number of amides is 1. The Morgan fingerprint density at radius 1 is 1.17 bits per heavy atom. The number of rotatable bonds is 8. The average molecular weight is 412 g/mol. The molecular formula is C23H29N3O2S. The van der Waals surface area contributed by atoms with Gasteiger partial charge in [-0.1, -0.05) is 49.9 Å². The highest BCUT2D eigenvalue weighted by atomic mass is 32.1. The highest BCUT2D eigenvalue weighted by Crippen LogP contribution is 2.27. The van der Waals surface area contributed by atoms with Crippen molar-refractivity contribution in [2.24, 2.45) is 0 Å². The monoisotopic (exact) mass is 411 g/mol. The van der Waals surface area contributed by atoms with Crippen LogP contribution < -0.4 is 10.1 Å². The molecule has 1 amide bonds. The number of hydrogen-bond acceptors (Lipinski definition) is 5. The lowest BCUT2D eigenvalue weighted by atomic mass is 9.92. The van der Waals surface area contributed by atoms with Crippen molar-refractivity contribution in [2.45, 2.75) is 57.2 Å². The predicted octanol–water partition coefficient (Wildman–Crippen LogP) is 4.49. The fraction of sp³-hybridized carbons (Fsp3) is 0.478. The van der Waals surface area contributed by atoms with E-state index in [2.05, 4.69) is 22.4 Å². The van der Waals surface area contributed by atoms with Gasteiger partial charge in [-0.25, -0.2) is 0 Å². The first-order valence-corrected chi connectivity index (χ1v) is 11.1. The second-order valence-corrected chi connectivity index (χ2v) is 8.72. The zero-order valence-electron chi connectivity index (χ0n) is 17.0. The first-order valence-electron chi connectivity index (χ1n) is 10.2. The molecule has 1 saturated carbocycles. The number of nitrogens with zero attached hydrogens (tertiary/aromatic N) is 2. The quantitative estimate of drug-likeness (QED) is 0.650. The van der Waals surface area contributed by atoms with Crippen LogP contribution in [0.2, 0.25) is 0 Å². The van der Waals surface area contributed by atoms with Gasteiger partial charge < -0.3 is 10.1 Å². The van der Waals surface area contributed by atoms with Crippen LogP contribution in [-0.4, -0.2) is 30.0 Å². The van der Waals surface area contributed by atoms with Crippen LogP contribution in [0.3, 0.4) is 0 Å². The second-order valence-electron chi connectivity index (χ2n) is 7.69. The fourth-order valence-electron chi connectivity index (χ4n) is 3.97. The lowest BCUT2D eigenvalue weighted by molar-refractivity contribution is -0.124. The van der Waals surface area contributed by atoms with E-state index >= 15 is 0 Å². The molecule has 6 heteroatoms. The van der Waals surface area contributed by atoms with Crippen molar-refractivity contribution in [1.29, 1.82) is 5.26 Å². The van der Waals surface area contributed by atoms with Gasteiger partial charge in [0.1, 0.15) is 11.3 Å². The van der Waals surface area contributed by atoms with E-state index < -0.39 is 5.54 Å². The second kappa shape index (κ2) is 10.4. The number of methoxy groups -OCH3 is 1. The third-order valence-corrected chi connectivity index (χ3v) is 6.32. The number of nitrogens with one attached hydrogen (secondary N) is 1. The van der Waals surface area contributed by atoms with Crippen LogP contribution in [0.1, 0.15) is 49.0 Å². The number of ether oxygens (including phenoxy) is 1. The summed E-state index contributed by atoms with van der Waals surface area (Å²) in [6.45, 7) is 1.54. The lowest BCUT2D eigenvalue weighted by Crippen LogP contribution is -2.50. The molecule has 0 bridgehead atoms. The molecule has 2 aromatic rings. The van der Waals surface area contributed by atoms with E-state index in [4.69, 9.17) is 4.74 Å². The lowest BCUT2D eigenvalue weighted by Gasteiger charge is -2.29. The highest BCUT2D eigenvalue weighted by molar-refractivity contribution is 7.09. The van der Waals surface area contributed by atoms with Gasteiger partial charge in [-0.15, -0.1) is 11.3 Å². The third-order valence-electron chi connectivity index (χ3n) is 5.46. The zero-order chi connectivity index (χ0) is 20.5. The molecule has 0 spiro atoms. The topological polar surface area (TPSA) is 65.4 Å². The van der Waals surface area contributed by atoms with Crippen molar-refractivity contribution in [3.8, 4) is 11.8 Å². The molecule has 1 aliphatic carbocycles. The van der Waals surface area contributed by atoms with Gasteiger partial charge in [-0.2, -0.15) is 5.26 Å². The molecule has 0 aliphatic heterocycles. The number of nitriles is 1. The van der Waals surface area contributed by atoms with E-state index in [1.165, 1.54) is 4.88 Å². The first-order chi connectivity index (χ1) is 14.1. The van der Waals surface area contributed by atoms with Gasteiger partial charge in [0.2, 0.25) is 5.91 Å². The van der Waals surface area contributed by atoms with E-state index in [0.29, 0.717) is 13.1 Å². The summed E-state index contributed by atoms with van der Waals surface area (Å²) in [5.74, 6) is 0.737. The molecule has 1 N–H and O–H groups in total. The van der Waals surface area contributed by atoms with Crippen LogP contribution in [0.5, 0.6) is 5.75 Å². The van der Waals surface area contributed by atoms with Gasteiger partial charge in [-0.05, 0) is 30.4 Å². The Labute approximate surface area is 177 Å². The molecule has 0 unspecified atom stereocenters. The maximum atomic E-state index is 12.9. The minimum Gasteiger partial charge on any atom is -0.496 e. The molecule has 0 radical (unpaired) electrons. The summed E-state index contributed by atoms with van der Waals surface area (Å²) in [4.78, 5) is 16.3. The minimum atomic E-state index is -0.716. The molecule has 1 heterocycles. The Morgan fingerprint density at radius 2 is 1.93 bits per heavy atom. The number of thiophene rings is 1. The molecule has 5 nitrogen and oxygen atoms in total. The molecule has 0 saturated heterocycles. The van der Waals surface area contributed by atoms with Gasteiger partial charge in [0.15, 0.2) is 0 Å². The van der Waals surface area contributed by atoms with Crippen LogP contribution in [0.15, 0.2) is 41.8 Å². The molecule has 154 valence electrons. The number of carbonyl (C=O) groups excluding carboxylic acids is 1. The Hall–Kier alpha value is -2.36. The molecule has 3 rings (SSSR count). The summed E-state index contributed by atoms with van der Waals surface area (Å²) in [6, 6.07) is 14.4. The number of benzene rings is 1. The summed E-state index contributed by atoms with van der Waals surface area (Å²) >= 11 is 1.68. The van der Waals surface area contributed by atoms with Crippen molar-refractivity contribution in [3.63, 3.8) is 0 Å². The maximum Gasteiger partial charge on any atom is 0.235 e. The van der Waals surface area contributed by atoms with Crippen molar-refractivity contribution in [2.75, 3.05) is 13.7 Å². The summed E-state index contributed by atoms with van der Waals surface area (Å²) in [5.41, 5.74) is 0.330. The smallest absolute Gasteiger partial charge is 0.235 e. The van der Waals surface area contributed by atoms with Gasteiger partial charge in [0.05, 0.1) is 19.7 Å². The van der Waals surface area contributed by atoms with E-state index in [1.54, 1.807) is 18.4 Å². The zero-order valence-corrected chi connectivity index (χ0v) is 17.8. The third kappa shape index (κ3) is 6.06. The number of carbonyl (C=O) groups is 1. The Morgan fingerprint density at radius 3 is 2.59 bits per heavy atom. The normalized spacial score (nSPS) is 16.0. The van der Waals surface area contributed by atoms with Crippen molar-refractivity contribution in [3.05, 3.63) is 52.2 Å². The van der Waals surface area contributed by atoms with Crippen molar-refractivity contribution in [1.82, 2.24) is 10.2 Å². The minimum absolute atomic E-state index is 0.0834. The van der Waals surface area contributed by atoms with Gasteiger partial charge in [0.25, 0.3) is 0 Å². The predicted molar refractivity (Wildman–Crippen MR) is 116 cm³/mol. The van der Waals surface area contributed by atoms with Crippen LogP contribution in [0, 0.1) is 11.3 Å². The highest BCUT2D eigenvalue weighted by Gasteiger charge is 2.32. The van der Waals surface area contributed by atoms with Gasteiger partial charge in [-0.3, -0.25) is 9.69 Å². The maximum absolute atomic E-state index is 12.9. The van der Waals surface area contributed by atoms with E-state index in [0.717, 1.165) is 49.8 Å². The molecule has 1 aliphatic rings. The fourth-order valence-corrected chi connectivity index (χ4v) is 4.72. The van der Waals surface area contributed by atoms with Crippen LogP contribution in [0.25, 0.3) is 0 Å². The van der Waals surface area contributed by atoms with Crippen molar-refractivity contribution >= 4 is 17.2 Å². The molecule has 29 heavy (non-hydrogen) atoms. The Bertz CT molecular complexity index is 821. The van der Waals surface area contributed by atoms with Crippen LogP contribution >= 0.6 is 11.3 Å². The number of para-hydroxylation sites is 1. The molecule has 1 aromatic carbocycles. The van der Waals surface area contributed by atoms with Crippen LogP contribution in [0.4, 0.5) is 0 Å². The summed E-state index contributed by atoms with van der Waals surface area (Å²) < 4.78 is 5.49. The standard InChI is InChI=1S/C23H29N3O2S/c1-28-21-11-5-4-9-19(21)15-26(16-20-10-8-14-29-20)17-22(27)25-23(18-24)12-6-2-3-7-13-23/h4-5,8-11,14H,2-3,6-7,12-13,15-17H2,1H3,(H,25,27). The van der Waals surface area contributed by atoms with Gasteiger partial charge >= 0.3 is 0 Å². The van der Waals surface area contributed by atoms with Crippen molar-refractivity contribution < 1.29 is 9.53 Å². The van der Waals surface area contributed by atoms with E-state index in [9.17, 15) is 10.1 Å². The van der Waals surface area contributed by atoms with Gasteiger partial charge in [0, 0.05) is 23.5 Å². The van der Waals surface area contributed by atoms with E-state index in [-0.39, 0.29) is 12.5 Å². The average Bonchev–Trinajstić information content (AvgIpc) is 3.12. The first kappa shape index (κ1) is 21.4. The summed E-state index contributed by atoms with van der Waals surface area (Å²) in [5, 5.41) is 14.9. The largest absolute Gasteiger partial charge is 0.496 e. The summed E-state index contributed by atoms with van der Waals surface area (Å²) in [6.07, 6.45) is 5.75. The molecule has 1 aromatic heterocycles. The number of hydrogen-bond donors (Lipinski definition) is 1. The molecule has 1 fully saturated rings. The molecular weight excluding hydrogens is 382 g/mol.